The van der Waals surface area contributed by atoms with Crippen LogP contribution < -0.4 is 0 Å². The summed E-state index contributed by atoms with van der Waals surface area (Å²) >= 11 is 0. The molecule has 0 radical (unpaired) electrons. The fourth-order valence-corrected chi connectivity index (χ4v) is 1.37. The van der Waals surface area contributed by atoms with Crippen LogP contribution in [0.25, 0.3) is 0 Å². The Labute approximate surface area is 98.3 Å². The van der Waals surface area contributed by atoms with Gasteiger partial charge in [-0.1, -0.05) is 17.7 Å². The van der Waals surface area contributed by atoms with Crippen LogP contribution in [0.5, 0.6) is 0 Å². The highest BCUT2D eigenvalue weighted by atomic mass is 16.8. The van der Waals surface area contributed by atoms with E-state index < -0.39 is 18.2 Å². The van der Waals surface area contributed by atoms with Crippen molar-refractivity contribution >= 4 is 11.9 Å². The number of ether oxygens (including phenoxy) is 3. The third-order valence-corrected chi connectivity index (χ3v) is 2.29. The van der Waals surface area contributed by atoms with Crippen LogP contribution in [0.2, 0.25) is 0 Å². The molecule has 1 saturated heterocycles. The fourth-order valence-electron chi connectivity index (χ4n) is 1.37. The summed E-state index contributed by atoms with van der Waals surface area (Å²) in [6.07, 6.45) is -0.781. The monoisotopic (exact) mass is 236 g/mol. The molecule has 1 unspecified atom stereocenters. The maximum atomic E-state index is 11.6. The molecule has 1 aliphatic heterocycles. The largest absolute Gasteiger partial charge is 0.455 e. The first-order chi connectivity index (χ1) is 8.15. The van der Waals surface area contributed by atoms with E-state index in [0.29, 0.717) is 5.56 Å². The molecule has 5 heteroatoms. The van der Waals surface area contributed by atoms with E-state index >= 15 is 0 Å². The van der Waals surface area contributed by atoms with E-state index in [1.54, 1.807) is 12.1 Å². The van der Waals surface area contributed by atoms with Gasteiger partial charge in [0.1, 0.15) is 6.61 Å². The molecule has 1 atom stereocenters. The van der Waals surface area contributed by atoms with Gasteiger partial charge in [-0.3, -0.25) is 0 Å². The van der Waals surface area contributed by atoms with Crippen molar-refractivity contribution < 1.29 is 23.8 Å². The van der Waals surface area contributed by atoms with Gasteiger partial charge in [0.05, 0.1) is 5.56 Å². The van der Waals surface area contributed by atoms with Crippen LogP contribution in [0.1, 0.15) is 15.9 Å². The van der Waals surface area contributed by atoms with Crippen LogP contribution in [0.3, 0.4) is 0 Å². The minimum absolute atomic E-state index is 0.0849. The van der Waals surface area contributed by atoms with E-state index in [4.69, 9.17) is 14.2 Å². The standard InChI is InChI=1S/C12H12O5/c1-8-2-4-9(5-3-8)12(14)16-7-11-15-6-10(13)17-11/h2-5,11H,6-7H2,1H3. The van der Waals surface area contributed by atoms with E-state index in [1.807, 2.05) is 19.1 Å². The zero-order chi connectivity index (χ0) is 12.3. The van der Waals surface area contributed by atoms with Gasteiger partial charge in [-0.25, -0.2) is 9.59 Å². The van der Waals surface area contributed by atoms with Crippen molar-refractivity contribution in [2.45, 2.75) is 13.2 Å². The zero-order valence-corrected chi connectivity index (χ0v) is 9.34. The summed E-state index contributed by atoms with van der Waals surface area (Å²) in [5.74, 6) is -0.905. The molecule has 0 N–H and O–H groups in total. The summed E-state index contributed by atoms with van der Waals surface area (Å²) in [7, 11) is 0. The molecule has 90 valence electrons. The van der Waals surface area contributed by atoms with Gasteiger partial charge in [-0.2, -0.15) is 0 Å². The van der Waals surface area contributed by atoms with Crippen LogP contribution in [0.4, 0.5) is 0 Å². The molecule has 0 aromatic heterocycles. The highest BCUT2D eigenvalue weighted by Crippen LogP contribution is 2.08. The Morgan fingerprint density at radius 2 is 2.12 bits per heavy atom. The van der Waals surface area contributed by atoms with Crippen LogP contribution in [0.15, 0.2) is 24.3 Å². The predicted octanol–water partition coefficient (Wildman–Crippen LogP) is 1.05. The molecule has 0 amide bonds. The summed E-state index contributed by atoms with van der Waals surface area (Å²) in [4.78, 5) is 22.3. The molecule has 1 aliphatic rings. The van der Waals surface area contributed by atoms with Gasteiger partial charge in [-0.15, -0.1) is 0 Å². The summed E-state index contributed by atoms with van der Waals surface area (Å²) in [5, 5.41) is 0. The normalized spacial score (nSPS) is 18.9. The first-order valence-corrected chi connectivity index (χ1v) is 5.20. The molecule has 0 bridgehead atoms. The van der Waals surface area contributed by atoms with Gasteiger partial charge in [-0.05, 0) is 19.1 Å². The first kappa shape index (κ1) is 11.6. The smallest absolute Gasteiger partial charge is 0.338 e. The lowest BCUT2D eigenvalue weighted by atomic mass is 10.1. The van der Waals surface area contributed by atoms with Crippen molar-refractivity contribution in [3.63, 3.8) is 0 Å². The molecule has 2 rings (SSSR count). The van der Waals surface area contributed by atoms with Gasteiger partial charge >= 0.3 is 11.9 Å². The second-order valence-electron chi connectivity index (χ2n) is 3.69. The molecular formula is C12H12O5. The highest BCUT2D eigenvalue weighted by molar-refractivity contribution is 5.89. The van der Waals surface area contributed by atoms with Crippen LogP contribution in [0, 0.1) is 6.92 Å². The molecule has 0 aliphatic carbocycles. The zero-order valence-electron chi connectivity index (χ0n) is 9.34. The van der Waals surface area contributed by atoms with Crippen LogP contribution in [-0.4, -0.2) is 31.4 Å². The van der Waals surface area contributed by atoms with Gasteiger partial charge in [0, 0.05) is 0 Å². The van der Waals surface area contributed by atoms with Crippen molar-refractivity contribution in [3.05, 3.63) is 35.4 Å². The van der Waals surface area contributed by atoms with E-state index in [9.17, 15) is 9.59 Å². The molecule has 1 fully saturated rings. The maximum absolute atomic E-state index is 11.6. The SMILES string of the molecule is Cc1ccc(C(=O)OCC2OCC(=O)O2)cc1. The van der Waals surface area contributed by atoms with E-state index in [0.717, 1.165) is 5.56 Å². The molecule has 5 nitrogen and oxygen atoms in total. The van der Waals surface area contributed by atoms with Crippen molar-refractivity contribution in [1.82, 2.24) is 0 Å². The van der Waals surface area contributed by atoms with Crippen molar-refractivity contribution in [3.8, 4) is 0 Å². The Morgan fingerprint density at radius 3 is 2.71 bits per heavy atom. The van der Waals surface area contributed by atoms with Crippen LogP contribution in [-0.2, 0) is 19.0 Å². The predicted molar refractivity (Wildman–Crippen MR) is 57.3 cm³/mol. The molecular weight excluding hydrogens is 224 g/mol. The maximum Gasteiger partial charge on any atom is 0.338 e. The van der Waals surface area contributed by atoms with Crippen molar-refractivity contribution in [1.29, 1.82) is 0 Å². The molecule has 1 heterocycles. The quantitative estimate of drug-likeness (QED) is 0.734. The number of aryl methyl sites for hydroxylation is 1. The van der Waals surface area contributed by atoms with Crippen molar-refractivity contribution in [2.24, 2.45) is 0 Å². The lowest BCUT2D eigenvalue weighted by molar-refractivity contribution is -0.146. The number of carbonyl (C=O) groups is 2. The summed E-state index contributed by atoms with van der Waals surface area (Å²) in [5.41, 5.74) is 1.52. The fraction of sp³-hybridized carbons (Fsp3) is 0.333. The highest BCUT2D eigenvalue weighted by Gasteiger charge is 2.25. The summed E-state index contributed by atoms with van der Waals surface area (Å²) < 4.78 is 14.6. The van der Waals surface area contributed by atoms with Gasteiger partial charge in [0.2, 0.25) is 6.29 Å². The minimum Gasteiger partial charge on any atom is -0.455 e. The number of carbonyl (C=O) groups excluding carboxylic acids is 2. The molecule has 0 saturated carbocycles. The second-order valence-corrected chi connectivity index (χ2v) is 3.69. The first-order valence-electron chi connectivity index (χ1n) is 5.20. The minimum atomic E-state index is -0.781. The van der Waals surface area contributed by atoms with Gasteiger partial charge < -0.3 is 14.2 Å². The molecule has 0 spiro atoms. The van der Waals surface area contributed by atoms with E-state index in [2.05, 4.69) is 0 Å². The van der Waals surface area contributed by atoms with E-state index in [1.165, 1.54) is 0 Å². The Bertz CT molecular complexity index is 423. The number of hydrogen-bond acceptors (Lipinski definition) is 5. The molecule has 1 aromatic rings. The van der Waals surface area contributed by atoms with Crippen LogP contribution >= 0.6 is 0 Å². The number of hydrogen-bond donors (Lipinski definition) is 0. The Kier molecular flexibility index (Phi) is 3.39. The summed E-state index contributed by atoms with van der Waals surface area (Å²) in [6, 6.07) is 7.00. The third-order valence-electron chi connectivity index (χ3n) is 2.29. The lowest BCUT2D eigenvalue weighted by Crippen LogP contribution is -2.19. The van der Waals surface area contributed by atoms with Crippen molar-refractivity contribution in [2.75, 3.05) is 13.2 Å². The molecule has 1 aromatic carbocycles. The Hall–Kier alpha value is -1.88. The van der Waals surface area contributed by atoms with Gasteiger partial charge in [0.25, 0.3) is 0 Å². The number of cyclic esters (lactones) is 1. The number of benzene rings is 1. The molecule has 17 heavy (non-hydrogen) atoms. The van der Waals surface area contributed by atoms with E-state index in [-0.39, 0.29) is 13.2 Å². The average Bonchev–Trinajstić information content (AvgIpc) is 2.73. The lowest BCUT2D eigenvalue weighted by Gasteiger charge is -2.09. The Balaban J connectivity index is 1.85. The number of esters is 2. The average molecular weight is 236 g/mol. The topological polar surface area (TPSA) is 61.8 Å². The number of rotatable bonds is 3. The second kappa shape index (κ2) is 4.97. The third kappa shape index (κ3) is 3.04. The Morgan fingerprint density at radius 1 is 1.41 bits per heavy atom. The van der Waals surface area contributed by atoms with Gasteiger partial charge in [0.15, 0.2) is 6.61 Å². The summed E-state index contributed by atoms with van der Waals surface area (Å²) in [6.45, 7) is 1.76.